The van der Waals surface area contributed by atoms with Crippen molar-refractivity contribution < 1.29 is 66.7 Å². The minimum absolute atomic E-state index is 0.0445. The van der Waals surface area contributed by atoms with Crippen LogP contribution in [0, 0.1) is 5.92 Å². The maximum atomic E-state index is 12.7. The molecule has 0 radical (unpaired) electrons. The lowest BCUT2D eigenvalue weighted by molar-refractivity contribution is -0.161. The van der Waals surface area contributed by atoms with Gasteiger partial charge in [-0.1, -0.05) is 164 Å². The van der Waals surface area contributed by atoms with Gasteiger partial charge >= 0.3 is 27.6 Å². The monoisotopic (exact) mass is 904 g/mol. The fourth-order valence-corrected chi connectivity index (χ4v) is 6.68. The first-order valence-electron chi connectivity index (χ1n) is 22.1. The molecule has 61 heavy (non-hydrogen) atoms. The molecular weight excluding hydrogens is 826 g/mol. The molecule has 0 aliphatic carbocycles. The van der Waals surface area contributed by atoms with Crippen LogP contribution in [0.15, 0.2) is 72.9 Å². The Kier molecular flexibility index (Phi) is 37.5. The summed E-state index contributed by atoms with van der Waals surface area (Å²) in [6.07, 6.45) is 38.0. The first-order chi connectivity index (χ1) is 29.1. The summed E-state index contributed by atoms with van der Waals surface area (Å²) < 4.78 is 47.7. The standard InChI is InChI=1S/C45H78O14P2/c1-4-5-6-7-22-27-32-41(46)33-28-23-18-14-11-12-15-19-24-29-34-44(48)55-38-43(39-58-61(53,54)57-37-42(47)36-56-60(50,51)52)59-45(49)35-30-25-20-16-10-8-9-13-17-21-26-31-40(2)3/h5-6,11-12,18-19,22-24,27-28,33,40-43,46-47H,4,7-10,13-17,20-21,25-26,29-32,34-39H2,1-3H3,(H,53,54)(H2,50,51,52)/b6-5-,12-11-,23-18-,24-19-,27-22-,33-28+/t41?,42-,43+/m0/s1. The van der Waals surface area contributed by atoms with Gasteiger partial charge in [0.1, 0.15) is 12.7 Å². The van der Waals surface area contributed by atoms with Crippen molar-refractivity contribution in [1.29, 1.82) is 0 Å². The molecule has 5 N–H and O–H groups in total. The van der Waals surface area contributed by atoms with Crippen LogP contribution in [0.5, 0.6) is 0 Å². The van der Waals surface area contributed by atoms with Crippen LogP contribution in [0.3, 0.4) is 0 Å². The molecule has 352 valence electrons. The number of ether oxygens (including phenoxy) is 2. The topological polar surface area (TPSA) is 216 Å². The molecule has 0 spiro atoms. The Hall–Kier alpha value is -2.48. The quantitative estimate of drug-likeness (QED) is 0.0127. The van der Waals surface area contributed by atoms with E-state index < -0.39 is 72.3 Å². The highest BCUT2D eigenvalue weighted by Crippen LogP contribution is 2.43. The lowest BCUT2D eigenvalue weighted by Crippen LogP contribution is -2.29. The lowest BCUT2D eigenvalue weighted by atomic mass is 10.0. The van der Waals surface area contributed by atoms with Crippen LogP contribution in [-0.2, 0) is 41.8 Å². The van der Waals surface area contributed by atoms with Crippen LogP contribution in [0.25, 0.3) is 0 Å². The van der Waals surface area contributed by atoms with Crippen LogP contribution in [0.4, 0.5) is 0 Å². The Morgan fingerprint density at radius 3 is 1.75 bits per heavy atom. The van der Waals surface area contributed by atoms with E-state index in [1.165, 1.54) is 44.9 Å². The van der Waals surface area contributed by atoms with E-state index in [0.29, 0.717) is 25.7 Å². The third-order valence-corrected chi connectivity index (χ3v) is 10.3. The number of esters is 2. The number of allylic oxidation sites excluding steroid dienone is 10. The van der Waals surface area contributed by atoms with Crippen LogP contribution in [0.1, 0.15) is 149 Å². The summed E-state index contributed by atoms with van der Waals surface area (Å²) in [7, 11) is -9.71. The summed E-state index contributed by atoms with van der Waals surface area (Å²) in [4.78, 5) is 52.7. The molecule has 0 amide bonds. The van der Waals surface area contributed by atoms with Gasteiger partial charge in [-0.2, -0.15) is 0 Å². The van der Waals surface area contributed by atoms with Crippen LogP contribution in [-0.4, -0.2) is 81.6 Å². The number of aliphatic hydroxyl groups excluding tert-OH is 2. The maximum absolute atomic E-state index is 12.7. The Bertz CT molecular complexity index is 1380. The average Bonchev–Trinajstić information content (AvgIpc) is 3.20. The van der Waals surface area contributed by atoms with Gasteiger partial charge in [0.2, 0.25) is 0 Å². The van der Waals surface area contributed by atoms with E-state index in [4.69, 9.17) is 23.8 Å². The van der Waals surface area contributed by atoms with E-state index >= 15 is 0 Å². The molecule has 0 aliphatic rings. The van der Waals surface area contributed by atoms with Crippen LogP contribution < -0.4 is 0 Å². The second-order valence-electron chi connectivity index (χ2n) is 15.3. The average molecular weight is 905 g/mol. The molecule has 0 aromatic carbocycles. The molecule has 0 aliphatic heterocycles. The molecule has 0 heterocycles. The van der Waals surface area contributed by atoms with Crippen molar-refractivity contribution in [3.63, 3.8) is 0 Å². The van der Waals surface area contributed by atoms with Crippen molar-refractivity contribution in [2.75, 3.05) is 26.4 Å². The third kappa shape index (κ3) is 43.9. The van der Waals surface area contributed by atoms with E-state index in [0.717, 1.165) is 50.9 Å². The van der Waals surface area contributed by atoms with Gasteiger partial charge in [-0.25, -0.2) is 9.13 Å². The molecule has 0 saturated heterocycles. The molecular formula is C45H78O14P2. The molecule has 16 heteroatoms. The molecule has 14 nitrogen and oxygen atoms in total. The molecule has 0 bridgehead atoms. The molecule has 0 rings (SSSR count). The fraction of sp³-hybridized carbons (Fsp3) is 0.689. The fourth-order valence-electron chi connectivity index (χ4n) is 5.52. The summed E-state index contributed by atoms with van der Waals surface area (Å²) in [6, 6.07) is 0. The maximum Gasteiger partial charge on any atom is 0.472 e. The highest BCUT2D eigenvalue weighted by molar-refractivity contribution is 7.47. The van der Waals surface area contributed by atoms with Crippen molar-refractivity contribution in [2.24, 2.45) is 5.92 Å². The minimum atomic E-state index is -4.88. The van der Waals surface area contributed by atoms with E-state index in [1.54, 1.807) is 6.08 Å². The highest BCUT2D eigenvalue weighted by Gasteiger charge is 2.28. The van der Waals surface area contributed by atoms with Crippen molar-refractivity contribution in [3.8, 4) is 0 Å². The number of phosphoric acid groups is 2. The number of aliphatic hydroxyl groups is 2. The van der Waals surface area contributed by atoms with Crippen LogP contribution in [0.2, 0.25) is 0 Å². The number of unbranched alkanes of at least 4 members (excludes halogenated alkanes) is 10. The summed E-state index contributed by atoms with van der Waals surface area (Å²) in [6.45, 7) is 3.77. The van der Waals surface area contributed by atoms with Crippen molar-refractivity contribution in [3.05, 3.63) is 72.9 Å². The third-order valence-electron chi connectivity index (χ3n) is 8.87. The Balaban J connectivity index is 4.68. The zero-order chi connectivity index (χ0) is 45.5. The zero-order valence-corrected chi connectivity index (χ0v) is 38.8. The first kappa shape index (κ1) is 58.5. The Morgan fingerprint density at radius 2 is 1.13 bits per heavy atom. The van der Waals surface area contributed by atoms with Gasteiger partial charge in [-0.15, -0.1) is 0 Å². The predicted molar refractivity (Wildman–Crippen MR) is 240 cm³/mol. The summed E-state index contributed by atoms with van der Waals surface area (Å²) >= 11 is 0. The molecule has 0 aromatic heterocycles. The predicted octanol–water partition coefficient (Wildman–Crippen LogP) is 10.2. The van der Waals surface area contributed by atoms with Gasteiger partial charge in [0.05, 0.1) is 25.9 Å². The number of rotatable bonds is 40. The second-order valence-corrected chi connectivity index (χ2v) is 18.0. The number of carbonyl (C=O) groups excluding carboxylic acids is 2. The number of hydrogen-bond donors (Lipinski definition) is 5. The van der Waals surface area contributed by atoms with Gasteiger partial charge in [-0.3, -0.25) is 23.2 Å². The summed E-state index contributed by atoms with van der Waals surface area (Å²) in [5.41, 5.74) is 0. The summed E-state index contributed by atoms with van der Waals surface area (Å²) in [5, 5.41) is 19.7. The molecule has 0 aromatic rings. The Morgan fingerprint density at radius 1 is 0.590 bits per heavy atom. The second kappa shape index (κ2) is 39.1. The van der Waals surface area contributed by atoms with Crippen molar-refractivity contribution in [1.82, 2.24) is 0 Å². The summed E-state index contributed by atoms with van der Waals surface area (Å²) in [5.74, 6) is -0.391. The molecule has 4 atom stereocenters. The first-order valence-corrected chi connectivity index (χ1v) is 25.1. The van der Waals surface area contributed by atoms with Gasteiger partial charge < -0.3 is 34.4 Å². The van der Waals surface area contributed by atoms with Crippen LogP contribution >= 0.6 is 15.6 Å². The van der Waals surface area contributed by atoms with Gasteiger partial charge in [-0.05, 0) is 50.9 Å². The van der Waals surface area contributed by atoms with E-state index in [9.17, 15) is 33.8 Å². The zero-order valence-electron chi connectivity index (χ0n) is 37.0. The molecule has 0 saturated carbocycles. The van der Waals surface area contributed by atoms with Crippen molar-refractivity contribution >= 4 is 27.6 Å². The Labute approximate surface area is 366 Å². The SMILES string of the molecule is CC/C=C\C/C=C\CC(O)/C=C/C=C\C/C=C\C/C=C\CCC(=O)OC[C@H](COP(=O)(O)OC[C@@H](O)COP(=O)(O)O)OC(=O)CCCCCCCCCCCCCC(C)C. The number of phosphoric ester groups is 2. The van der Waals surface area contributed by atoms with Gasteiger partial charge in [0.15, 0.2) is 6.10 Å². The van der Waals surface area contributed by atoms with E-state index in [-0.39, 0.29) is 12.8 Å². The largest absolute Gasteiger partial charge is 0.472 e. The lowest BCUT2D eigenvalue weighted by Gasteiger charge is -2.20. The van der Waals surface area contributed by atoms with E-state index in [2.05, 4.69) is 42.0 Å². The van der Waals surface area contributed by atoms with Gasteiger partial charge in [0, 0.05) is 12.8 Å². The van der Waals surface area contributed by atoms with E-state index in [1.807, 2.05) is 54.7 Å². The van der Waals surface area contributed by atoms with Crippen molar-refractivity contribution in [2.45, 2.75) is 167 Å². The molecule has 0 fully saturated rings. The van der Waals surface area contributed by atoms with Gasteiger partial charge in [0.25, 0.3) is 0 Å². The smallest absolute Gasteiger partial charge is 0.462 e. The highest BCUT2D eigenvalue weighted by atomic mass is 31.2. The minimum Gasteiger partial charge on any atom is -0.462 e. The molecule has 2 unspecified atom stereocenters. The number of hydrogen-bond acceptors (Lipinski definition) is 11. The number of carbonyl (C=O) groups is 2. The normalized spacial score (nSPS) is 15.3.